The number of nitrogens with zero attached hydrogens (tertiary/aromatic N) is 1. The van der Waals surface area contributed by atoms with Crippen LogP contribution in [0.2, 0.25) is 0 Å². The first-order valence-corrected chi connectivity index (χ1v) is 5.79. The number of rotatable bonds is 4. The molecular formula is C14H17NO. The summed E-state index contributed by atoms with van der Waals surface area (Å²) in [5.74, 6) is 0.463. The maximum Gasteiger partial charge on any atom is 0.155 e. The van der Waals surface area contributed by atoms with Crippen molar-refractivity contribution >= 4 is 16.7 Å². The van der Waals surface area contributed by atoms with Crippen LogP contribution in [0.1, 0.15) is 20.3 Å². The van der Waals surface area contributed by atoms with Crippen molar-refractivity contribution in [1.82, 2.24) is 4.57 Å². The quantitative estimate of drug-likeness (QED) is 0.767. The Morgan fingerprint density at radius 2 is 2.06 bits per heavy atom. The van der Waals surface area contributed by atoms with Crippen LogP contribution in [-0.2, 0) is 11.3 Å². The van der Waals surface area contributed by atoms with Crippen molar-refractivity contribution in [3.8, 4) is 0 Å². The van der Waals surface area contributed by atoms with Crippen LogP contribution >= 0.6 is 0 Å². The molecule has 16 heavy (non-hydrogen) atoms. The topological polar surface area (TPSA) is 22.0 Å². The molecule has 1 aromatic carbocycles. The van der Waals surface area contributed by atoms with Crippen LogP contribution in [0.3, 0.4) is 0 Å². The van der Waals surface area contributed by atoms with Gasteiger partial charge in [-0.15, -0.1) is 0 Å². The SMILES string of the molecule is CCC(C)C(=O)Cn1ccc2ccccc21. The van der Waals surface area contributed by atoms with E-state index in [0.717, 1.165) is 11.9 Å². The lowest BCUT2D eigenvalue weighted by atomic mass is 10.0. The summed E-state index contributed by atoms with van der Waals surface area (Å²) in [4.78, 5) is 11.9. The Labute approximate surface area is 95.9 Å². The van der Waals surface area contributed by atoms with E-state index in [2.05, 4.69) is 25.1 Å². The van der Waals surface area contributed by atoms with Crippen molar-refractivity contribution in [1.29, 1.82) is 0 Å². The Morgan fingerprint density at radius 1 is 1.31 bits per heavy atom. The smallest absolute Gasteiger partial charge is 0.155 e. The predicted octanol–water partition coefficient (Wildman–Crippen LogP) is 3.26. The zero-order chi connectivity index (χ0) is 11.5. The van der Waals surface area contributed by atoms with Gasteiger partial charge in [0.2, 0.25) is 0 Å². The molecule has 1 atom stereocenters. The number of fused-ring (bicyclic) bond motifs is 1. The molecule has 0 saturated carbocycles. The first kappa shape index (κ1) is 10.9. The molecule has 0 aliphatic rings. The number of Topliss-reactive ketones (excluding diaryl/α,β-unsaturated/α-hetero) is 1. The second-order valence-electron chi connectivity index (χ2n) is 4.28. The first-order valence-electron chi connectivity index (χ1n) is 5.79. The number of hydrogen-bond acceptors (Lipinski definition) is 1. The average Bonchev–Trinajstić information content (AvgIpc) is 2.72. The van der Waals surface area contributed by atoms with Crippen molar-refractivity contribution in [2.45, 2.75) is 26.8 Å². The molecule has 84 valence electrons. The van der Waals surface area contributed by atoms with Crippen molar-refractivity contribution in [3.05, 3.63) is 36.5 Å². The second-order valence-corrected chi connectivity index (χ2v) is 4.28. The highest BCUT2D eigenvalue weighted by Gasteiger charge is 2.11. The van der Waals surface area contributed by atoms with Crippen molar-refractivity contribution in [2.75, 3.05) is 0 Å². The molecule has 0 aliphatic heterocycles. The summed E-state index contributed by atoms with van der Waals surface area (Å²) in [5, 5.41) is 1.19. The van der Waals surface area contributed by atoms with Gasteiger partial charge in [-0.3, -0.25) is 4.79 Å². The molecule has 0 fully saturated rings. The van der Waals surface area contributed by atoms with Gasteiger partial charge in [0.25, 0.3) is 0 Å². The van der Waals surface area contributed by atoms with Crippen molar-refractivity contribution in [2.24, 2.45) is 5.92 Å². The molecule has 0 N–H and O–H groups in total. The van der Waals surface area contributed by atoms with Gasteiger partial charge in [0, 0.05) is 17.6 Å². The van der Waals surface area contributed by atoms with E-state index >= 15 is 0 Å². The third-order valence-electron chi connectivity index (χ3n) is 3.17. The minimum atomic E-state index is 0.154. The standard InChI is InChI=1S/C14H17NO/c1-3-11(2)14(16)10-15-9-8-12-6-4-5-7-13(12)15/h4-9,11H,3,10H2,1-2H3. The molecule has 0 saturated heterocycles. The summed E-state index contributed by atoms with van der Waals surface area (Å²) >= 11 is 0. The van der Waals surface area contributed by atoms with Gasteiger partial charge >= 0.3 is 0 Å². The summed E-state index contributed by atoms with van der Waals surface area (Å²) < 4.78 is 2.03. The first-order chi connectivity index (χ1) is 7.72. The average molecular weight is 215 g/mol. The lowest BCUT2D eigenvalue weighted by Gasteiger charge is -2.09. The lowest BCUT2D eigenvalue weighted by molar-refractivity contribution is -0.122. The highest BCUT2D eigenvalue weighted by Crippen LogP contribution is 2.16. The van der Waals surface area contributed by atoms with E-state index in [9.17, 15) is 4.79 Å². The molecule has 2 heteroatoms. The van der Waals surface area contributed by atoms with Gasteiger partial charge in [-0.2, -0.15) is 0 Å². The molecule has 0 bridgehead atoms. The summed E-state index contributed by atoms with van der Waals surface area (Å²) in [6.07, 6.45) is 2.91. The zero-order valence-electron chi connectivity index (χ0n) is 9.81. The normalized spacial score (nSPS) is 12.9. The van der Waals surface area contributed by atoms with Crippen LogP contribution in [0.25, 0.3) is 10.9 Å². The molecule has 1 heterocycles. The molecule has 0 aliphatic carbocycles. The van der Waals surface area contributed by atoms with Gasteiger partial charge in [0.1, 0.15) is 0 Å². The molecule has 1 aromatic heterocycles. The third-order valence-corrected chi connectivity index (χ3v) is 3.17. The van der Waals surface area contributed by atoms with Crippen LogP contribution < -0.4 is 0 Å². The van der Waals surface area contributed by atoms with E-state index in [-0.39, 0.29) is 5.92 Å². The Morgan fingerprint density at radius 3 is 2.81 bits per heavy atom. The largest absolute Gasteiger partial charge is 0.340 e. The molecule has 0 spiro atoms. The van der Waals surface area contributed by atoms with Gasteiger partial charge in [-0.05, 0) is 23.9 Å². The second kappa shape index (κ2) is 4.52. The third kappa shape index (κ3) is 2.01. The number of para-hydroxylation sites is 1. The Hall–Kier alpha value is -1.57. The molecule has 1 unspecified atom stereocenters. The van der Waals surface area contributed by atoms with E-state index in [1.54, 1.807) is 0 Å². The summed E-state index contributed by atoms with van der Waals surface area (Å²) in [7, 11) is 0. The van der Waals surface area contributed by atoms with Crippen LogP contribution in [0.15, 0.2) is 36.5 Å². The molecule has 0 amide bonds. The van der Waals surface area contributed by atoms with Crippen molar-refractivity contribution < 1.29 is 4.79 Å². The fourth-order valence-corrected chi connectivity index (χ4v) is 1.83. The van der Waals surface area contributed by atoms with E-state index in [0.29, 0.717) is 12.3 Å². The van der Waals surface area contributed by atoms with Gasteiger partial charge in [-0.25, -0.2) is 0 Å². The van der Waals surface area contributed by atoms with Gasteiger partial charge in [0.05, 0.1) is 6.54 Å². The fourth-order valence-electron chi connectivity index (χ4n) is 1.83. The number of aromatic nitrogens is 1. The van der Waals surface area contributed by atoms with Crippen LogP contribution in [0, 0.1) is 5.92 Å². The summed E-state index contributed by atoms with van der Waals surface area (Å²) in [6.45, 7) is 4.53. The van der Waals surface area contributed by atoms with E-state index in [1.807, 2.05) is 29.8 Å². The summed E-state index contributed by atoms with van der Waals surface area (Å²) in [6, 6.07) is 10.2. The minimum absolute atomic E-state index is 0.154. The lowest BCUT2D eigenvalue weighted by Crippen LogP contribution is -2.16. The number of ketones is 1. The fraction of sp³-hybridized carbons (Fsp3) is 0.357. The molecular weight excluding hydrogens is 198 g/mol. The number of hydrogen-bond donors (Lipinski definition) is 0. The van der Waals surface area contributed by atoms with Crippen LogP contribution in [0.4, 0.5) is 0 Å². The highest BCUT2D eigenvalue weighted by molar-refractivity contribution is 5.85. The van der Waals surface area contributed by atoms with E-state index in [4.69, 9.17) is 0 Å². The van der Waals surface area contributed by atoms with E-state index in [1.165, 1.54) is 5.39 Å². The van der Waals surface area contributed by atoms with Gasteiger partial charge in [-0.1, -0.05) is 32.0 Å². The summed E-state index contributed by atoms with van der Waals surface area (Å²) in [5.41, 5.74) is 1.14. The maximum atomic E-state index is 11.9. The number of carbonyl (C=O) groups excluding carboxylic acids is 1. The van der Waals surface area contributed by atoms with Crippen LogP contribution in [-0.4, -0.2) is 10.4 Å². The number of carbonyl (C=O) groups is 1. The predicted molar refractivity (Wildman–Crippen MR) is 66.4 cm³/mol. The Kier molecular flexibility index (Phi) is 3.09. The maximum absolute atomic E-state index is 11.9. The Balaban J connectivity index is 2.25. The molecule has 0 radical (unpaired) electrons. The molecule has 2 aromatic rings. The Bertz CT molecular complexity index is 498. The highest BCUT2D eigenvalue weighted by atomic mass is 16.1. The van der Waals surface area contributed by atoms with Crippen LogP contribution in [0.5, 0.6) is 0 Å². The van der Waals surface area contributed by atoms with Gasteiger partial charge < -0.3 is 4.57 Å². The van der Waals surface area contributed by atoms with Gasteiger partial charge in [0.15, 0.2) is 5.78 Å². The molecule has 2 nitrogen and oxygen atoms in total. The van der Waals surface area contributed by atoms with E-state index < -0.39 is 0 Å². The monoisotopic (exact) mass is 215 g/mol. The van der Waals surface area contributed by atoms with Crippen molar-refractivity contribution in [3.63, 3.8) is 0 Å². The zero-order valence-corrected chi connectivity index (χ0v) is 9.81. The minimum Gasteiger partial charge on any atom is -0.340 e. The molecule has 2 rings (SSSR count). The number of benzene rings is 1.